The molecule has 2 aromatic heterocycles. The number of anilines is 3. The van der Waals surface area contributed by atoms with Crippen LogP contribution in [-0.4, -0.2) is 171 Å². The normalized spacial score (nSPS) is 19.7. The van der Waals surface area contributed by atoms with Crippen molar-refractivity contribution in [1.29, 1.82) is 0 Å². The van der Waals surface area contributed by atoms with Crippen LogP contribution >= 0.6 is 31.0 Å². The molecule has 31 heteroatoms. The van der Waals surface area contributed by atoms with Crippen LogP contribution in [0.1, 0.15) is 111 Å². The van der Waals surface area contributed by atoms with E-state index in [4.69, 9.17) is 42.9 Å². The number of hydrogen-bond donors (Lipinski definition) is 9. The molecule has 0 radical (unpaired) electrons. The maximum absolute atomic E-state index is 14.9. The van der Waals surface area contributed by atoms with E-state index in [9.17, 15) is 62.3 Å². The highest BCUT2D eigenvalue weighted by Gasteiger charge is 2.76. The van der Waals surface area contributed by atoms with Crippen LogP contribution < -0.4 is 46.1 Å². The molecular weight excluding hydrogens is 1310 g/mol. The van der Waals surface area contributed by atoms with Crippen LogP contribution in [0.25, 0.3) is 21.8 Å². The average Bonchev–Trinajstić information content (AvgIpc) is 0.900. The summed E-state index contributed by atoms with van der Waals surface area (Å²) in [6, 6.07) is 6.71. The Hall–Kier alpha value is -8.69. The zero-order chi connectivity index (χ0) is 69.3. The predicted octanol–water partition coefficient (Wildman–Crippen LogP) is 7.14. The Kier molecular flexibility index (Phi) is 20.9. The Morgan fingerprint density at radius 3 is 1.82 bits per heavy atom. The third kappa shape index (κ3) is 14.5. The van der Waals surface area contributed by atoms with Gasteiger partial charge in [-0.15, -0.1) is 23.2 Å². The molecule has 10 N–H and O–H groups in total. The number of nitrogens with zero attached hydrogens (tertiary/aromatic N) is 5. The number of nitrogens with two attached hydrogens (primary N) is 1. The summed E-state index contributed by atoms with van der Waals surface area (Å²) in [6.45, 7) is 7.99. The van der Waals surface area contributed by atoms with Gasteiger partial charge in [-0.3, -0.25) is 48.2 Å². The van der Waals surface area contributed by atoms with E-state index in [-0.39, 0.29) is 155 Å². The second-order valence-electron chi connectivity index (χ2n) is 26.0. The second-order valence-corrected chi connectivity index (χ2v) is 27.8. The molecule has 5 aromatic rings. The van der Waals surface area contributed by atoms with Crippen molar-refractivity contribution < 1.29 is 76.3 Å². The maximum atomic E-state index is 14.9. The number of aromatic nitrogens is 2. The largest absolute Gasteiger partial charge is 0.524 e. The molecule has 0 spiro atoms. The van der Waals surface area contributed by atoms with E-state index in [1.807, 2.05) is 13.8 Å². The fourth-order valence-electron chi connectivity index (χ4n) is 13.8. The number of halogens is 2. The summed E-state index contributed by atoms with van der Waals surface area (Å²) in [7, 11) is -1.98. The Bertz CT molecular complexity index is 3980. The summed E-state index contributed by atoms with van der Waals surface area (Å²) in [5, 5.41) is 12.2. The average molecular weight is 1390 g/mol. The molecule has 96 heavy (non-hydrogen) atoms. The number of carbonyl (C=O) groups excluding carboxylic acids is 10. The molecule has 28 nitrogen and oxygen atoms in total. The summed E-state index contributed by atoms with van der Waals surface area (Å²) in [5.74, 6) is -3.21. The number of hydrogen-bond acceptors (Lipinski definition) is 14. The van der Waals surface area contributed by atoms with Gasteiger partial charge in [-0.2, -0.15) is 0 Å². The van der Waals surface area contributed by atoms with Crippen LogP contribution in [0.5, 0.6) is 11.5 Å². The predicted molar refractivity (Wildman–Crippen MR) is 355 cm³/mol. The number of imide groups is 1. The number of aryl methyl sites for hydroxylation is 2. The van der Waals surface area contributed by atoms with Crippen molar-refractivity contribution in [2.75, 3.05) is 80.2 Å². The van der Waals surface area contributed by atoms with Gasteiger partial charge in [-0.1, -0.05) is 32.4 Å². The molecule has 514 valence electrons. The number of likely N-dealkylation sites (N-methyl/N-ethyl adjacent to an activating group) is 2. The summed E-state index contributed by atoms with van der Waals surface area (Å²) < 4.78 is 28.9. The highest BCUT2D eigenvalue weighted by Crippen LogP contribution is 2.75. The lowest BCUT2D eigenvalue weighted by Gasteiger charge is -2.69. The Labute approximate surface area is 562 Å². The van der Waals surface area contributed by atoms with Gasteiger partial charge < -0.3 is 70.6 Å². The number of alkyl halides is 2. The van der Waals surface area contributed by atoms with Crippen LogP contribution in [0, 0.1) is 30.6 Å². The Balaban J connectivity index is 0.711. The van der Waals surface area contributed by atoms with E-state index >= 15 is 0 Å². The molecule has 2 bridgehead atoms. The molecule has 5 heterocycles. The number of phosphoric ester groups is 1. The monoisotopic (exact) mass is 1380 g/mol. The minimum atomic E-state index is -4.99. The van der Waals surface area contributed by atoms with Gasteiger partial charge in [0.1, 0.15) is 18.7 Å². The SMILES string of the molecule is Cc1c[nH]c2c(OC(=O)N(C)CCN(C)C(=O)OCc3ccc(NC(=O)[C@H](CCCNC(N)=O)NC(=O)[C@@H](NC(=O)CCCCCN4C(=O)C=CC4=O)C(C)C)cc3)cc3c(c12)[C@H](CCl)CN3C(=O)C12CC(C(=O)N3C[C@@H](CCl)c4c3cc(OP(=O)(O)O)c3[nH]cc(C)c43)(C1)C2. The Morgan fingerprint density at radius 1 is 0.750 bits per heavy atom. The zero-order valence-electron chi connectivity index (χ0n) is 54.0. The number of ether oxygens (including phenoxy) is 2. The van der Waals surface area contributed by atoms with Gasteiger partial charge in [0.05, 0.1) is 33.2 Å². The number of benzene rings is 3. The quantitative estimate of drug-likeness (QED) is 0.0104. The number of primary amides is 1. The summed E-state index contributed by atoms with van der Waals surface area (Å²) in [4.78, 5) is 165. The van der Waals surface area contributed by atoms with Gasteiger partial charge >= 0.3 is 26.0 Å². The van der Waals surface area contributed by atoms with Crippen molar-refractivity contribution in [3.63, 3.8) is 0 Å². The topological polar surface area (TPSA) is 378 Å². The fraction of sp³-hybridized carbons (Fsp3) is 0.477. The summed E-state index contributed by atoms with van der Waals surface area (Å²) >= 11 is 13.2. The minimum absolute atomic E-state index is 0.0249. The molecule has 3 aliphatic heterocycles. The van der Waals surface area contributed by atoms with Crippen molar-refractivity contribution in [1.82, 2.24) is 40.6 Å². The first-order valence-electron chi connectivity index (χ1n) is 31.7. The molecule has 0 unspecified atom stereocenters. The standard InChI is InChI=1S/C65H79Cl2N12O16P/c1-35(2)54(74-47(80)12-8-7-9-20-77-48(81)17-18-49(77)82)58(84)73-42(11-10-19-69-61(68)87)57(83)72-41-15-13-38(14-16-41)31-93-62(88)75(5)21-22-76(6)63(89)94-45-23-43-52(50-36(3)27-70-55(45)50)39(25-66)29-78(43)59(85)64-32-65(33-64,34-64)60(86)79-30-40(26-67)53-44(79)24-46(95-96(90,91)92)56-51(53)37(4)28-71-56/h13-18,23-24,27-28,35,39-40,42,54,70-71H,7-12,19-22,25-26,29-34H2,1-6H3,(H,72,83)(H,73,84)(H,74,80)(H3,68,69,87)(H2,90,91,92)/t39-,40-,42+,54+,64?,65?/m1/s1. The van der Waals surface area contributed by atoms with Gasteiger partial charge in [0, 0.05) is 137 Å². The number of unbranched alkanes of at least 4 members (excludes halogenated alkanes) is 2. The molecule has 11 rings (SSSR count). The van der Waals surface area contributed by atoms with E-state index in [0.717, 1.165) is 32.5 Å². The van der Waals surface area contributed by atoms with Crippen molar-refractivity contribution in [2.24, 2.45) is 22.5 Å². The van der Waals surface area contributed by atoms with E-state index in [1.165, 1.54) is 42.1 Å². The van der Waals surface area contributed by atoms with E-state index in [1.54, 1.807) is 66.4 Å². The number of amides is 11. The van der Waals surface area contributed by atoms with Gasteiger partial charge in [-0.25, -0.2) is 18.9 Å². The van der Waals surface area contributed by atoms with Gasteiger partial charge in [-0.05, 0) is 105 Å². The number of H-pyrrole nitrogens is 2. The third-order valence-electron chi connectivity index (χ3n) is 18.7. The van der Waals surface area contributed by atoms with E-state index < -0.39 is 60.8 Å². The van der Waals surface area contributed by atoms with Crippen molar-refractivity contribution in [2.45, 2.75) is 116 Å². The molecule has 11 amide bonds. The zero-order valence-corrected chi connectivity index (χ0v) is 56.4. The lowest BCUT2D eigenvalue weighted by molar-refractivity contribution is -0.205. The number of fused-ring (bicyclic) bond motifs is 6. The number of urea groups is 1. The molecular formula is C65H79Cl2N12O16P. The van der Waals surface area contributed by atoms with Gasteiger partial charge in [0.25, 0.3) is 11.8 Å². The first-order chi connectivity index (χ1) is 45.6. The molecule has 6 aliphatic rings. The highest BCUT2D eigenvalue weighted by atomic mass is 35.5. The number of phosphoric acid groups is 1. The molecule has 4 atom stereocenters. The molecule has 3 aliphatic carbocycles. The maximum Gasteiger partial charge on any atom is 0.524 e. The lowest BCUT2D eigenvalue weighted by atomic mass is 9.34. The number of nitrogens with one attached hydrogen (secondary N) is 6. The number of aromatic amines is 2. The smallest absolute Gasteiger partial charge is 0.445 e. The summed E-state index contributed by atoms with van der Waals surface area (Å²) in [6.07, 6.45) is 7.25. The first kappa shape index (κ1) is 70.1. The van der Waals surface area contributed by atoms with E-state index in [2.05, 4.69) is 31.2 Å². The molecule has 3 saturated carbocycles. The number of rotatable bonds is 28. The van der Waals surface area contributed by atoms with Crippen LogP contribution in [-0.2, 0) is 49.5 Å². The van der Waals surface area contributed by atoms with Crippen LogP contribution in [0.15, 0.2) is 60.9 Å². The van der Waals surface area contributed by atoms with Crippen LogP contribution in [0.3, 0.4) is 0 Å². The van der Waals surface area contributed by atoms with Crippen LogP contribution in [0.2, 0.25) is 0 Å². The van der Waals surface area contributed by atoms with Gasteiger partial charge in [0.15, 0.2) is 11.5 Å². The molecule has 3 fully saturated rings. The summed E-state index contributed by atoms with van der Waals surface area (Å²) in [5.41, 5.74) is 9.57. The van der Waals surface area contributed by atoms with Crippen LogP contribution in [0.4, 0.5) is 31.4 Å². The molecule has 3 aromatic carbocycles. The van der Waals surface area contributed by atoms with Crippen molar-refractivity contribution in [3.05, 3.63) is 88.8 Å². The van der Waals surface area contributed by atoms with Crippen molar-refractivity contribution >= 4 is 129 Å². The minimum Gasteiger partial charge on any atom is -0.445 e. The Morgan fingerprint density at radius 2 is 1.29 bits per heavy atom. The second kappa shape index (κ2) is 28.6. The lowest BCUT2D eigenvalue weighted by Crippen LogP contribution is -2.73. The first-order valence-corrected chi connectivity index (χ1v) is 34.3. The third-order valence-corrected chi connectivity index (χ3v) is 19.9. The fourth-order valence-corrected chi connectivity index (χ4v) is 14.7. The number of carbonyl (C=O) groups is 10. The van der Waals surface area contributed by atoms with E-state index in [0.29, 0.717) is 58.3 Å². The van der Waals surface area contributed by atoms with Gasteiger partial charge in [0.2, 0.25) is 29.5 Å². The molecule has 0 saturated heterocycles. The highest BCUT2D eigenvalue weighted by molar-refractivity contribution is 7.46. The van der Waals surface area contributed by atoms with Crippen molar-refractivity contribution in [3.8, 4) is 11.5 Å².